The Hall–Kier alpha value is -0.0800. The normalized spacial score (nSPS) is 19.3. The molecule has 0 saturated carbocycles. The van der Waals surface area contributed by atoms with E-state index in [4.69, 9.17) is 4.74 Å². The molecule has 0 aromatic rings. The van der Waals surface area contributed by atoms with Crippen LogP contribution in [-0.4, -0.2) is 37.7 Å². The van der Waals surface area contributed by atoms with Crippen molar-refractivity contribution in [2.45, 2.75) is 46.6 Å². The largest absolute Gasteiger partial charge is 0.378 e. The van der Waals surface area contributed by atoms with E-state index in [1.54, 1.807) is 0 Å². The van der Waals surface area contributed by atoms with Gasteiger partial charge in [-0.1, -0.05) is 27.7 Å². The number of piperidine rings is 1. The summed E-state index contributed by atoms with van der Waals surface area (Å²) in [6.07, 6.45) is 2.95. The Labute approximate surface area is 89.6 Å². The molecule has 2 nitrogen and oxygen atoms in total. The van der Waals surface area contributed by atoms with Gasteiger partial charge in [-0.15, -0.1) is 0 Å². The van der Waals surface area contributed by atoms with Crippen LogP contribution in [0.15, 0.2) is 0 Å². The Morgan fingerprint density at radius 2 is 1.71 bits per heavy atom. The first-order chi connectivity index (χ1) is 6.68. The standard InChI is InChI=1S/C10H21NO.C2H6/c1-9(2)8-12-10-4-6-11(3)7-5-10;1-2/h9-10H,4-8H2,1-3H3;1-2H3. The molecule has 0 bridgehead atoms. The average Bonchev–Trinajstić information content (AvgIpc) is 2.20. The molecule has 1 aliphatic heterocycles. The molecule has 0 atom stereocenters. The third-order valence-corrected chi connectivity index (χ3v) is 2.33. The fourth-order valence-electron chi connectivity index (χ4n) is 1.48. The molecule has 1 aliphatic rings. The molecule has 1 rings (SSSR count). The van der Waals surface area contributed by atoms with Crippen LogP contribution in [0.4, 0.5) is 0 Å². The quantitative estimate of drug-likeness (QED) is 0.696. The molecule has 2 heteroatoms. The number of likely N-dealkylation sites (tertiary alicyclic amines) is 1. The lowest BCUT2D eigenvalue weighted by atomic mass is 10.1. The minimum atomic E-state index is 0.531. The topological polar surface area (TPSA) is 12.5 Å². The fourth-order valence-corrected chi connectivity index (χ4v) is 1.48. The van der Waals surface area contributed by atoms with Crippen molar-refractivity contribution in [1.82, 2.24) is 4.90 Å². The number of ether oxygens (including phenoxy) is 1. The Bertz CT molecular complexity index is 117. The Morgan fingerprint density at radius 3 is 2.14 bits per heavy atom. The summed E-state index contributed by atoms with van der Waals surface area (Å²) in [4.78, 5) is 2.37. The zero-order valence-electron chi connectivity index (χ0n) is 10.5. The Balaban J connectivity index is 0.000000791. The van der Waals surface area contributed by atoms with Gasteiger partial charge in [0.15, 0.2) is 0 Å². The van der Waals surface area contributed by atoms with E-state index in [2.05, 4.69) is 25.8 Å². The summed E-state index contributed by atoms with van der Waals surface area (Å²) in [5.41, 5.74) is 0. The lowest BCUT2D eigenvalue weighted by Gasteiger charge is -2.29. The summed E-state index contributed by atoms with van der Waals surface area (Å²) < 4.78 is 5.77. The van der Waals surface area contributed by atoms with Crippen LogP contribution in [0.25, 0.3) is 0 Å². The zero-order valence-corrected chi connectivity index (χ0v) is 10.5. The molecule has 0 radical (unpaired) electrons. The highest BCUT2D eigenvalue weighted by molar-refractivity contribution is 4.69. The van der Waals surface area contributed by atoms with E-state index < -0.39 is 0 Å². The van der Waals surface area contributed by atoms with Crippen LogP contribution in [0.5, 0.6) is 0 Å². The van der Waals surface area contributed by atoms with Gasteiger partial charge in [0.25, 0.3) is 0 Å². The van der Waals surface area contributed by atoms with Crippen LogP contribution in [0, 0.1) is 5.92 Å². The van der Waals surface area contributed by atoms with Crippen LogP contribution >= 0.6 is 0 Å². The molecule has 0 aromatic heterocycles. The first-order valence-corrected chi connectivity index (χ1v) is 5.98. The minimum Gasteiger partial charge on any atom is -0.378 e. The average molecular weight is 201 g/mol. The van der Waals surface area contributed by atoms with Crippen molar-refractivity contribution in [3.63, 3.8) is 0 Å². The molecule has 0 aromatic carbocycles. The zero-order chi connectivity index (χ0) is 11.0. The monoisotopic (exact) mass is 201 g/mol. The van der Waals surface area contributed by atoms with E-state index in [0.29, 0.717) is 12.0 Å². The summed E-state index contributed by atoms with van der Waals surface area (Å²) in [6, 6.07) is 0. The van der Waals surface area contributed by atoms with Gasteiger partial charge in [0.05, 0.1) is 6.10 Å². The van der Waals surface area contributed by atoms with Gasteiger partial charge < -0.3 is 9.64 Å². The van der Waals surface area contributed by atoms with Gasteiger partial charge in [-0.3, -0.25) is 0 Å². The molecule has 0 N–H and O–H groups in total. The Morgan fingerprint density at radius 1 is 1.21 bits per heavy atom. The first kappa shape index (κ1) is 13.9. The second kappa shape index (κ2) is 8.25. The molecule has 0 aliphatic carbocycles. The van der Waals surface area contributed by atoms with E-state index in [1.807, 2.05) is 13.8 Å². The van der Waals surface area contributed by atoms with E-state index in [9.17, 15) is 0 Å². The van der Waals surface area contributed by atoms with Crippen LogP contribution < -0.4 is 0 Å². The predicted molar refractivity (Wildman–Crippen MR) is 62.7 cm³/mol. The number of nitrogens with zero attached hydrogens (tertiary/aromatic N) is 1. The van der Waals surface area contributed by atoms with Crippen molar-refractivity contribution in [3.8, 4) is 0 Å². The summed E-state index contributed by atoms with van der Waals surface area (Å²) in [6.45, 7) is 11.7. The molecule has 0 amide bonds. The van der Waals surface area contributed by atoms with Crippen LogP contribution in [0.3, 0.4) is 0 Å². The summed E-state index contributed by atoms with van der Waals surface area (Å²) >= 11 is 0. The molecule has 0 spiro atoms. The van der Waals surface area contributed by atoms with Crippen molar-refractivity contribution in [2.24, 2.45) is 5.92 Å². The van der Waals surface area contributed by atoms with Crippen molar-refractivity contribution < 1.29 is 4.74 Å². The van der Waals surface area contributed by atoms with Gasteiger partial charge in [-0.25, -0.2) is 0 Å². The predicted octanol–water partition coefficient (Wildman–Crippen LogP) is 2.78. The van der Waals surface area contributed by atoms with Gasteiger partial charge >= 0.3 is 0 Å². The maximum atomic E-state index is 5.77. The van der Waals surface area contributed by atoms with Gasteiger partial charge in [-0.2, -0.15) is 0 Å². The SMILES string of the molecule is CC.CC(C)COC1CCN(C)CC1. The van der Waals surface area contributed by atoms with Crippen LogP contribution in [0.1, 0.15) is 40.5 Å². The number of hydrogen-bond acceptors (Lipinski definition) is 2. The smallest absolute Gasteiger partial charge is 0.0599 e. The maximum absolute atomic E-state index is 5.77. The van der Waals surface area contributed by atoms with Gasteiger partial charge in [0.2, 0.25) is 0 Å². The maximum Gasteiger partial charge on any atom is 0.0599 e. The molecule has 1 saturated heterocycles. The van der Waals surface area contributed by atoms with E-state index in [1.165, 1.54) is 25.9 Å². The Kier molecular flexibility index (Phi) is 8.20. The van der Waals surface area contributed by atoms with Crippen molar-refractivity contribution in [1.29, 1.82) is 0 Å². The summed E-state index contributed by atoms with van der Waals surface area (Å²) in [7, 11) is 2.18. The molecule has 0 unspecified atom stereocenters. The van der Waals surface area contributed by atoms with Crippen molar-refractivity contribution in [2.75, 3.05) is 26.7 Å². The molecule has 1 fully saturated rings. The second-order valence-electron chi connectivity index (χ2n) is 4.23. The first-order valence-electron chi connectivity index (χ1n) is 5.98. The van der Waals surface area contributed by atoms with Crippen LogP contribution in [0.2, 0.25) is 0 Å². The highest BCUT2D eigenvalue weighted by atomic mass is 16.5. The van der Waals surface area contributed by atoms with Gasteiger partial charge in [-0.05, 0) is 25.8 Å². The molecular weight excluding hydrogens is 174 g/mol. The highest BCUT2D eigenvalue weighted by Crippen LogP contribution is 2.12. The van der Waals surface area contributed by atoms with Crippen molar-refractivity contribution in [3.05, 3.63) is 0 Å². The number of hydrogen-bond donors (Lipinski definition) is 0. The van der Waals surface area contributed by atoms with Crippen molar-refractivity contribution >= 4 is 0 Å². The van der Waals surface area contributed by atoms with Gasteiger partial charge in [0.1, 0.15) is 0 Å². The fraction of sp³-hybridized carbons (Fsp3) is 1.00. The molecule has 1 heterocycles. The minimum absolute atomic E-state index is 0.531. The third kappa shape index (κ3) is 6.39. The van der Waals surface area contributed by atoms with E-state index >= 15 is 0 Å². The third-order valence-electron chi connectivity index (χ3n) is 2.33. The van der Waals surface area contributed by atoms with Crippen LogP contribution in [-0.2, 0) is 4.74 Å². The molecule has 14 heavy (non-hydrogen) atoms. The summed E-state index contributed by atoms with van der Waals surface area (Å²) in [5, 5.41) is 0. The lowest BCUT2D eigenvalue weighted by molar-refractivity contribution is -0.000103. The lowest BCUT2D eigenvalue weighted by Crippen LogP contribution is -2.34. The van der Waals surface area contributed by atoms with E-state index in [0.717, 1.165) is 6.61 Å². The van der Waals surface area contributed by atoms with Gasteiger partial charge in [0, 0.05) is 19.7 Å². The molecule has 86 valence electrons. The highest BCUT2D eigenvalue weighted by Gasteiger charge is 2.16. The van der Waals surface area contributed by atoms with E-state index in [-0.39, 0.29) is 0 Å². The summed E-state index contributed by atoms with van der Waals surface area (Å²) in [5.74, 6) is 0.671. The number of rotatable bonds is 3. The second-order valence-corrected chi connectivity index (χ2v) is 4.23. The molecular formula is C12H27NO.